The highest BCUT2D eigenvalue weighted by molar-refractivity contribution is 7.89. The first-order valence-electron chi connectivity index (χ1n) is 4.79. The first kappa shape index (κ1) is 12.6. The van der Waals surface area contributed by atoms with E-state index >= 15 is 0 Å². The summed E-state index contributed by atoms with van der Waals surface area (Å²) >= 11 is 1.37. The highest BCUT2D eigenvalue weighted by Crippen LogP contribution is 2.18. The minimum atomic E-state index is -3.36. The third-order valence-corrected chi connectivity index (χ3v) is 4.79. The van der Waals surface area contributed by atoms with Crippen molar-refractivity contribution in [1.82, 2.24) is 4.72 Å². The van der Waals surface area contributed by atoms with E-state index in [2.05, 4.69) is 4.72 Å². The number of thiophene rings is 1. The normalized spacial score (nSPS) is 14.1. The summed E-state index contributed by atoms with van der Waals surface area (Å²) in [5.41, 5.74) is 5.43. The Morgan fingerprint density at radius 1 is 1.60 bits per heavy atom. The van der Waals surface area contributed by atoms with Gasteiger partial charge in [-0.2, -0.15) is 0 Å². The average molecular weight is 248 g/mol. The van der Waals surface area contributed by atoms with E-state index in [4.69, 9.17) is 5.73 Å². The lowest BCUT2D eigenvalue weighted by atomic mass is 10.3. The molecule has 1 heterocycles. The summed E-state index contributed by atoms with van der Waals surface area (Å²) in [5.74, 6) is 0. The van der Waals surface area contributed by atoms with E-state index < -0.39 is 10.0 Å². The molecule has 0 aliphatic rings. The molecule has 0 saturated heterocycles. The third kappa shape index (κ3) is 3.27. The van der Waals surface area contributed by atoms with Gasteiger partial charge in [0.25, 0.3) is 0 Å². The topological polar surface area (TPSA) is 72.2 Å². The van der Waals surface area contributed by atoms with E-state index in [1.807, 2.05) is 13.8 Å². The van der Waals surface area contributed by atoms with Crippen LogP contribution >= 0.6 is 11.3 Å². The van der Waals surface area contributed by atoms with Crippen LogP contribution in [0, 0.1) is 0 Å². The Labute approximate surface area is 94.5 Å². The van der Waals surface area contributed by atoms with Gasteiger partial charge in [-0.3, -0.25) is 0 Å². The Bertz CT molecular complexity index is 412. The molecular weight excluding hydrogens is 232 g/mol. The van der Waals surface area contributed by atoms with Gasteiger partial charge < -0.3 is 5.73 Å². The van der Waals surface area contributed by atoms with Crippen molar-refractivity contribution in [1.29, 1.82) is 0 Å². The zero-order chi connectivity index (χ0) is 11.5. The predicted molar refractivity (Wildman–Crippen MR) is 62.3 cm³/mol. The number of nitrogens with two attached hydrogens (primary N) is 1. The number of sulfonamides is 1. The van der Waals surface area contributed by atoms with E-state index in [0.29, 0.717) is 11.4 Å². The van der Waals surface area contributed by atoms with E-state index in [1.54, 1.807) is 11.4 Å². The molecule has 0 saturated carbocycles. The van der Waals surface area contributed by atoms with E-state index in [1.165, 1.54) is 11.3 Å². The number of hydrogen-bond acceptors (Lipinski definition) is 4. The molecule has 1 unspecified atom stereocenters. The largest absolute Gasteiger partial charge is 0.326 e. The molecule has 6 heteroatoms. The summed E-state index contributed by atoms with van der Waals surface area (Å²) in [6.45, 7) is 4.16. The maximum Gasteiger partial charge on any atom is 0.241 e. The Hall–Kier alpha value is -0.430. The first-order chi connectivity index (χ1) is 6.99. The Kier molecular flexibility index (Phi) is 4.27. The summed E-state index contributed by atoms with van der Waals surface area (Å²) in [4.78, 5) is 1.19. The summed E-state index contributed by atoms with van der Waals surface area (Å²) in [7, 11) is -3.36. The molecule has 86 valence electrons. The van der Waals surface area contributed by atoms with Crippen LogP contribution in [0.25, 0.3) is 0 Å². The van der Waals surface area contributed by atoms with Crippen molar-refractivity contribution in [3.05, 3.63) is 16.3 Å². The highest BCUT2D eigenvalue weighted by Gasteiger charge is 2.17. The number of nitrogens with one attached hydrogen (secondary N) is 1. The van der Waals surface area contributed by atoms with Crippen LogP contribution in [0.2, 0.25) is 0 Å². The van der Waals surface area contributed by atoms with E-state index in [9.17, 15) is 8.42 Å². The summed E-state index contributed by atoms with van der Waals surface area (Å²) in [6.07, 6.45) is 0.771. The lowest BCUT2D eigenvalue weighted by Crippen LogP contribution is -2.31. The maximum atomic E-state index is 11.8. The zero-order valence-electron chi connectivity index (χ0n) is 8.86. The molecule has 0 radical (unpaired) electrons. The van der Waals surface area contributed by atoms with Crippen LogP contribution in [-0.4, -0.2) is 14.5 Å². The second kappa shape index (κ2) is 5.07. The molecule has 3 N–H and O–H groups in total. The van der Waals surface area contributed by atoms with Crippen LogP contribution in [0.1, 0.15) is 25.1 Å². The van der Waals surface area contributed by atoms with Crippen LogP contribution in [0.3, 0.4) is 0 Å². The van der Waals surface area contributed by atoms with Gasteiger partial charge in [0.1, 0.15) is 0 Å². The fourth-order valence-electron chi connectivity index (χ4n) is 1.02. The van der Waals surface area contributed by atoms with Gasteiger partial charge in [-0.05, 0) is 19.4 Å². The smallest absolute Gasteiger partial charge is 0.241 e. The molecule has 0 aromatic carbocycles. The standard InChI is InChI=1S/C9H16N2O2S2/c1-3-7(2)11-15(12,13)9-4-8(5-10)14-6-9/h4,6-7,11H,3,5,10H2,1-2H3. The lowest BCUT2D eigenvalue weighted by molar-refractivity contribution is 0.556. The van der Waals surface area contributed by atoms with Crippen molar-refractivity contribution in [2.45, 2.75) is 37.8 Å². The fraction of sp³-hybridized carbons (Fsp3) is 0.556. The molecule has 0 fully saturated rings. The molecule has 0 amide bonds. The first-order valence-corrected chi connectivity index (χ1v) is 7.15. The minimum absolute atomic E-state index is 0.0452. The van der Waals surface area contributed by atoms with Crippen LogP contribution in [-0.2, 0) is 16.6 Å². The van der Waals surface area contributed by atoms with Gasteiger partial charge in [0.15, 0.2) is 0 Å². The minimum Gasteiger partial charge on any atom is -0.326 e. The Morgan fingerprint density at radius 3 is 2.73 bits per heavy atom. The second-order valence-electron chi connectivity index (χ2n) is 3.38. The molecule has 1 aromatic rings. The van der Waals surface area contributed by atoms with Crippen molar-refractivity contribution in [2.24, 2.45) is 5.73 Å². The van der Waals surface area contributed by atoms with Gasteiger partial charge in [-0.15, -0.1) is 11.3 Å². The molecule has 1 rings (SSSR count). The van der Waals surface area contributed by atoms with Crippen LogP contribution in [0.4, 0.5) is 0 Å². The quantitative estimate of drug-likeness (QED) is 0.824. The number of hydrogen-bond donors (Lipinski definition) is 2. The molecule has 0 aliphatic carbocycles. The molecule has 4 nitrogen and oxygen atoms in total. The van der Waals surface area contributed by atoms with Crippen molar-refractivity contribution < 1.29 is 8.42 Å². The summed E-state index contributed by atoms with van der Waals surface area (Å²) in [6, 6.07) is 1.58. The molecule has 0 aliphatic heterocycles. The van der Waals surface area contributed by atoms with E-state index in [0.717, 1.165) is 11.3 Å². The SMILES string of the molecule is CCC(C)NS(=O)(=O)c1csc(CN)c1. The maximum absolute atomic E-state index is 11.8. The molecule has 1 aromatic heterocycles. The molecule has 1 atom stereocenters. The van der Waals surface area contributed by atoms with Gasteiger partial charge >= 0.3 is 0 Å². The van der Waals surface area contributed by atoms with Crippen LogP contribution in [0.5, 0.6) is 0 Å². The lowest BCUT2D eigenvalue weighted by Gasteiger charge is -2.10. The molecular formula is C9H16N2O2S2. The van der Waals surface area contributed by atoms with Gasteiger partial charge in [-0.1, -0.05) is 6.92 Å². The second-order valence-corrected chi connectivity index (χ2v) is 6.09. The summed E-state index contributed by atoms with van der Waals surface area (Å²) in [5, 5.41) is 1.62. The monoisotopic (exact) mass is 248 g/mol. The average Bonchev–Trinajstić information content (AvgIpc) is 2.65. The fourth-order valence-corrected chi connectivity index (χ4v) is 3.51. The van der Waals surface area contributed by atoms with Crippen molar-refractivity contribution in [3.63, 3.8) is 0 Å². The van der Waals surface area contributed by atoms with Crippen LogP contribution < -0.4 is 10.5 Å². The zero-order valence-corrected chi connectivity index (χ0v) is 10.5. The predicted octanol–water partition coefficient (Wildman–Crippen LogP) is 1.28. The Morgan fingerprint density at radius 2 is 2.27 bits per heavy atom. The van der Waals surface area contributed by atoms with Crippen molar-refractivity contribution >= 4 is 21.4 Å². The molecule has 0 bridgehead atoms. The summed E-state index contributed by atoms with van der Waals surface area (Å²) < 4.78 is 26.2. The third-order valence-electron chi connectivity index (χ3n) is 2.11. The highest BCUT2D eigenvalue weighted by atomic mass is 32.2. The van der Waals surface area contributed by atoms with Gasteiger partial charge in [0.2, 0.25) is 10.0 Å². The van der Waals surface area contributed by atoms with E-state index in [-0.39, 0.29) is 6.04 Å². The van der Waals surface area contributed by atoms with Gasteiger partial charge in [0, 0.05) is 22.8 Å². The van der Waals surface area contributed by atoms with Gasteiger partial charge in [-0.25, -0.2) is 13.1 Å². The molecule has 0 spiro atoms. The van der Waals surface area contributed by atoms with Crippen molar-refractivity contribution in [2.75, 3.05) is 0 Å². The number of rotatable bonds is 5. The van der Waals surface area contributed by atoms with Crippen molar-refractivity contribution in [3.8, 4) is 0 Å². The Balaban J connectivity index is 2.86. The molecule has 15 heavy (non-hydrogen) atoms. The van der Waals surface area contributed by atoms with Crippen LogP contribution in [0.15, 0.2) is 16.3 Å². The van der Waals surface area contributed by atoms with Gasteiger partial charge in [0.05, 0.1) is 4.90 Å².